The number of amides is 16. The highest BCUT2D eigenvalue weighted by molar-refractivity contribution is 8.00. The number of hydrogen-bond acceptors (Lipinski definition) is 24. The smallest absolute Gasteiger partial charge is 0.248 e. The van der Waals surface area contributed by atoms with Crippen LogP contribution in [0.4, 0.5) is 0 Å². The standard InChI is InChI=1S/C88H126N22O18S/c1-46(2)31-59-69(112)38-58(49(7)8)76(117)105-88(13,45-111)87(128)103-68(77(118)93-42-71(91)114)43-129-44-73(115)94-67(41-89)85(126)100-62(36-54-27-29-92-30-28-54)80(121)102-66(40-72-106-108-109-107-72)83(124)99-64(37-55-20-18-19-51(11)34-55)81(122)97-61(33-48(5)6)79(120)98-63(35-53-23-25-57(26-24-53)56-21-16-15-17-22-56)84(125)104-74(50(9)10)86(127)110(14)52(12)75(116)96-60(32-47(3)4)78(119)101-65(39-70(90)113)82(123)95-59/h15-30,34,46-50,52,58-68,74,111H,31-33,35-45,89H2,1-14H3,(H2,90,113)(H2,91,114)(H,93,118)(H,94,115)(H,95,123)(H,96,116)(H,97,122)(H,98,120)(H,99,124)(H,100,126)(H,101,119)(H,102,121)(H,103,128)(H,104,125)(H,105,117)(H,106,107,108,109)/t52-,58-,59-,60+,61-,62-,63-,64-,65-,66-,67-,68-,74-,88-/m0/s1. The molecular formula is C88H126N22O18S. The Kier molecular flexibility index (Phi) is 41.4. The normalized spacial score (nSPS) is 24.3. The summed E-state index contributed by atoms with van der Waals surface area (Å²) in [7, 11) is 1.30. The summed E-state index contributed by atoms with van der Waals surface area (Å²) >= 11 is 0.717. The van der Waals surface area contributed by atoms with Crippen LogP contribution >= 0.6 is 11.8 Å². The minimum atomic E-state index is -2.29. The summed E-state index contributed by atoms with van der Waals surface area (Å²) in [5.41, 5.74) is 18.9. The number of benzene rings is 3. The van der Waals surface area contributed by atoms with Crippen LogP contribution in [0.5, 0.6) is 0 Å². The monoisotopic (exact) mass is 1810 g/mol. The van der Waals surface area contributed by atoms with Crippen molar-refractivity contribution in [2.75, 3.05) is 38.2 Å². The quantitative estimate of drug-likeness (QED) is 0.0321. The molecule has 0 spiro atoms. The van der Waals surface area contributed by atoms with E-state index in [1.54, 1.807) is 125 Å². The van der Waals surface area contributed by atoms with E-state index < -0.39 is 247 Å². The molecule has 0 bridgehead atoms. The Labute approximate surface area is 754 Å². The fourth-order valence-electron chi connectivity index (χ4n) is 14.0. The first-order valence-electron chi connectivity index (χ1n) is 42.9. The fourth-order valence-corrected chi connectivity index (χ4v) is 14.8. The summed E-state index contributed by atoms with van der Waals surface area (Å²) in [5.74, 6) is -21.2. The summed E-state index contributed by atoms with van der Waals surface area (Å²) in [6.07, 6.45) is -0.00653. The molecule has 21 N–H and O–H groups in total. The third-order valence-corrected chi connectivity index (χ3v) is 22.5. The number of H-pyrrole nitrogens is 1. The van der Waals surface area contributed by atoms with Crippen molar-refractivity contribution in [2.24, 2.45) is 52.7 Å². The molecule has 3 heterocycles. The van der Waals surface area contributed by atoms with Crippen molar-refractivity contribution in [1.29, 1.82) is 0 Å². The number of nitrogens with two attached hydrogens (primary N) is 3. The maximum absolute atomic E-state index is 15.4. The number of primary amides is 2. The van der Waals surface area contributed by atoms with Crippen molar-refractivity contribution in [2.45, 2.75) is 226 Å². The molecule has 0 saturated carbocycles. The van der Waals surface area contributed by atoms with E-state index >= 15 is 28.8 Å². The number of Topliss-reactive ketones (excluding diaryl/α,β-unsaturated/α-hetero) is 1. The van der Waals surface area contributed by atoms with Crippen molar-refractivity contribution in [1.82, 2.24) is 99.6 Å². The number of aromatic amines is 1. The number of aliphatic hydroxyl groups is 1. The van der Waals surface area contributed by atoms with Gasteiger partial charge in [-0.3, -0.25) is 86.5 Å². The molecule has 6 rings (SSSR count). The van der Waals surface area contributed by atoms with Gasteiger partial charge in [-0.15, -0.1) is 22.0 Å². The summed E-state index contributed by atoms with van der Waals surface area (Å²) < 4.78 is 0. The largest absolute Gasteiger partial charge is 0.393 e. The predicted octanol–water partition coefficient (Wildman–Crippen LogP) is -1.90. The zero-order valence-electron chi connectivity index (χ0n) is 75.4. The van der Waals surface area contributed by atoms with Gasteiger partial charge in [-0.05, 0) is 110 Å². The third kappa shape index (κ3) is 33.8. The summed E-state index contributed by atoms with van der Waals surface area (Å²) in [4.78, 5) is 251. The SMILES string of the molecule is Cc1cccc(C[C@@H]2NC(=O)[C@H](Cc3nn[nH]n3)NC(=O)[C@H](Cc3ccncc3)NC(=O)[C@H](CN)NC(=O)CSC[C@@H](C(=O)NCC(N)=O)NC(=O)[C@](C)(CO)NC(=O)[C@H](C(C)C)CC(=O)[C@H](CC(C)C)NC(=O)[C@H](CC(N)=O)NC(=O)[C@@H](CC(C)C)NC(=O)[C@H](C)N(C)C(=O)[C@H](C(C)C)NC(=O)[C@H](Cc3ccc(-c4ccccc4)cc3)NC(=O)[C@H](CC(C)C)NC2=O)c1. The first-order valence-corrected chi connectivity index (χ1v) is 44.0. The van der Waals surface area contributed by atoms with Gasteiger partial charge in [0.1, 0.15) is 72.0 Å². The average Bonchev–Trinajstić information content (AvgIpc) is 1.20. The molecule has 2 aromatic heterocycles. The third-order valence-electron chi connectivity index (χ3n) is 21.4. The molecule has 40 nitrogen and oxygen atoms in total. The Morgan fingerprint density at radius 2 is 1.02 bits per heavy atom. The maximum atomic E-state index is 15.4. The molecule has 5 aromatic rings. The summed E-state index contributed by atoms with van der Waals surface area (Å²) in [6.45, 7) is 18.7. The molecule has 1 aliphatic heterocycles. The van der Waals surface area contributed by atoms with Gasteiger partial charge in [-0.2, -0.15) is 5.21 Å². The van der Waals surface area contributed by atoms with E-state index in [1.807, 2.05) is 42.5 Å². The number of pyridine rings is 1. The molecule has 41 heteroatoms. The van der Waals surface area contributed by atoms with Crippen LogP contribution < -0.4 is 86.3 Å². The van der Waals surface area contributed by atoms with Crippen LogP contribution in [0.3, 0.4) is 0 Å². The van der Waals surface area contributed by atoms with Crippen molar-refractivity contribution in [3.8, 4) is 11.1 Å². The van der Waals surface area contributed by atoms with E-state index in [1.165, 1.54) is 26.4 Å². The maximum Gasteiger partial charge on any atom is 0.248 e. The zero-order chi connectivity index (χ0) is 95.7. The zero-order valence-corrected chi connectivity index (χ0v) is 76.2. The molecular weight excluding hydrogens is 1690 g/mol. The van der Waals surface area contributed by atoms with E-state index in [-0.39, 0.29) is 62.1 Å². The number of aliphatic hydroxyl groups excluding tert-OH is 1. The van der Waals surface area contributed by atoms with E-state index in [9.17, 15) is 57.8 Å². The lowest BCUT2D eigenvalue weighted by molar-refractivity contribution is -0.143. The lowest BCUT2D eigenvalue weighted by Crippen LogP contribution is -2.64. The summed E-state index contributed by atoms with van der Waals surface area (Å²) in [6, 6.07) is 8.11. The van der Waals surface area contributed by atoms with Gasteiger partial charge in [0.2, 0.25) is 94.5 Å². The molecule has 702 valence electrons. The van der Waals surface area contributed by atoms with Gasteiger partial charge < -0.3 is 96.3 Å². The van der Waals surface area contributed by atoms with E-state index in [0.29, 0.717) is 28.5 Å². The highest BCUT2D eigenvalue weighted by Crippen LogP contribution is 2.25. The lowest BCUT2D eigenvalue weighted by Gasteiger charge is -2.33. The molecule has 0 aliphatic carbocycles. The van der Waals surface area contributed by atoms with E-state index in [4.69, 9.17) is 17.2 Å². The number of nitrogens with one attached hydrogen (secondary N) is 14. The first-order chi connectivity index (χ1) is 60.9. The number of rotatable bonds is 24. The average molecular weight is 1810 g/mol. The molecule has 16 amide bonds. The lowest BCUT2D eigenvalue weighted by atomic mass is 9.85. The van der Waals surface area contributed by atoms with Gasteiger partial charge >= 0.3 is 0 Å². The van der Waals surface area contributed by atoms with Crippen molar-refractivity contribution in [3.05, 3.63) is 131 Å². The van der Waals surface area contributed by atoms with Crippen molar-refractivity contribution in [3.63, 3.8) is 0 Å². The predicted molar refractivity (Wildman–Crippen MR) is 477 cm³/mol. The number of hydrogen-bond donors (Lipinski definition) is 18. The Morgan fingerprint density at radius 3 is 1.52 bits per heavy atom. The van der Waals surface area contributed by atoms with Gasteiger partial charge in [0, 0.05) is 69.8 Å². The number of tetrazole rings is 1. The molecule has 1 aliphatic rings. The fraction of sp³-hybridized carbons (Fsp3) is 0.534. The number of aryl methyl sites for hydroxylation is 1. The second kappa shape index (κ2) is 50.8. The number of nitrogens with zero attached hydrogens (tertiary/aromatic N) is 5. The van der Waals surface area contributed by atoms with Crippen LogP contribution in [-0.2, 0) is 107 Å². The minimum Gasteiger partial charge on any atom is -0.393 e. The molecule has 1 saturated heterocycles. The van der Waals surface area contributed by atoms with Gasteiger partial charge in [0.05, 0.1) is 31.4 Å². The Morgan fingerprint density at radius 1 is 0.535 bits per heavy atom. The Balaban J connectivity index is 1.46. The molecule has 129 heavy (non-hydrogen) atoms. The topological polar surface area (TPSA) is 615 Å². The minimum absolute atomic E-state index is 0.0595. The van der Waals surface area contributed by atoms with Gasteiger partial charge in [0.25, 0.3) is 0 Å². The van der Waals surface area contributed by atoms with Crippen LogP contribution in [-0.4, -0.2) is 252 Å². The Hall–Kier alpha value is -12.7. The van der Waals surface area contributed by atoms with E-state index in [0.717, 1.165) is 28.5 Å². The number of aromatic nitrogens is 5. The van der Waals surface area contributed by atoms with Crippen LogP contribution in [0.25, 0.3) is 11.1 Å². The number of carbonyl (C=O) groups excluding carboxylic acids is 17. The summed E-state index contributed by atoms with van der Waals surface area (Å²) in [5, 5.41) is 58.9. The van der Waals surface area contributed by atoms with Crippen LogP contribution in [0, 0.1) is 42.4 Å². The van der Waals surface area contributed by atoms with E-state index in [2.05, 4.69) is 94.7 Å². The number of carbonyl (C=O) groups is 17. The van der Waals surface area contributed by atoms with Crippen LogP contribution in [0.15, 0.2) is 103 Å². The number of thioether (sulfide) groups is 1. The highest BCUT2D eigenvalue weighted by atomic mass is 32.2. The second-order valence-corrected chi connectivity index (χ2v) is 35.6. The number of likely N-dealkylation sites (N-methyl/N-ethyl adjacent to an activating group) is 1. The van der Waals surface area contributed by atoms with Crippen molar-refractivity contribution >= 4 is 112 Å². The molecule has 3 aromatic carbocycles. The second-order valence-electron chi connectivity index (χ2n) is 34.5. The van der Waals surface area contributed by atoms with Crippen molar-refractivity contribution < 1.29 is 86.6 Å². The first kappa shape index (κ1) is 105. The highest BCUT2D eigenvalue weighted by Gasteiger charge is 2.43. The van der Waals surface area contributed by atoms with Crippen LogP contribution in [0.2, 0.25) is 0 Å². The van der Waals surface area contributed by atoms with Gasteiger partial charge in [-0.25, -0.2) is 0 Å². The Bertz CT molecular complexity index is 4700. The van der Waals surface area contributed by atoms with Gasteiger partial charge in [-0.1, -0.05) is 159 Å². The van der Waals surface area contributed by atoms with Crippen LogP contribution in [0.1, 0.15) is 143 Å². The van der Waals surface area contributed by atoms with Gasteiger partial charge in [0.15, 0.2) is 11.6 Å². The molecule has 0 radical (unpaired) electrons. The molecule has 14 atom stereocenters. The number of ketones is 1. The molecule has 1 fully saturated rings. The molecule has 0 unspecified atom stereocenters.